The van der Waals surface area contributed by atoms with E-state index in [2.05, 4.69) is 37.8 Å². The SMILES string of the molecule is C/C=C/C(C)SC1CC1. The van der Waals surface area contributed by atoms with E-state index in [0.717, 1.165) is 10.5 Å². The molecule has 1 atom stereocenters. The summed E-state index contributed by atoms with van der Waals surface area (Å²) in [5.41, 5.74) is 0. The molecule has 0 nitrogen and oxygen atoms in total. The fraction of sp³-hybridized carbons (Fsp3) is 0.750. The third-order valence-electron chi connectivity index (χ3n) is 1.39. The number of hydrogen-bond acceptors (Lipinski definition) is 1. The summed E-state index contributed by atoms with van der Waals surface area (Å²) >= 11 is 2.10. The summed E-state index contributed by atoms with van der Waals surface area (Å²) in [6, 6.07) is 0. The maximum absolute atomic E-state index is 2.27. The molecule has 1 saturated carbocycles. The van der Waals surface area contributed by atoms with Crippen LogP contribution in [-0.4, -0.2) is 10.5 Å². The summed E-state index contributed by atoms with van der Waals surface area (Å²) < 4.78 is 0. The van der Waals surface area contributed by atoms with Crippen LogP contribution in [0.25, 0.3) is 0 Å². The van der Waals surface area contributed by atoms with Crippen LogP contribution >= 0.6 is 11.8 Å². The molecule has 1 unspecified atom stereocenters. The number of allylic oxidation sites excluding steroid dienone is 1. The Hall–Kier alpha value is 0.0900. The van der Waals surface area contributed by atoms with Crippen molar-refractivity contribution in [2.75, 3.05) is 0 Å². The van der Waals surface area contributed by atoms with Gasteiger partial charge in [-0.05, 0) is 26.7 Å². The molecule has 0 N–H and O–H groups in total. The molecular formula is C8H14S. The van der Waals surface area contributed by atoms with E-state index in [-0.39, 0.29) is 0 Å². The van der Waals surface area contributed by atoms with E-state index < -0.39 is 0 Å². The van der Waals surface area contributed by atoms with Gasteiger partial charge in [0.1, 0.15) is 0 Å². The summed E-state index contributed by atoms with van der Waals surface area (Å²) in [4.78, 5) is 0. The highest BCUT2D eigenvalue weighted by Gasteiger charge is 2.22. The normalized spacial score (nSPS) is 22.9. The van der Waals surface area contributed by atoms with E-state index in [4.69, 9.17) is 0 Å². The molecule has 1 rings (SSSR count). The van der Waals surface area contributed by atoms with Crippen LogP contribution in [0.15, 0.2) is 12.2 Å². The van der Waals surface area contributed by atoms with Crippen molar-refractivity contribution >= 4 is 11.8 Å². The van der Waals surface area contributed by atoms with E-state index in [1.165, 1.54) is 12.8 Å². The zero-order valence-corrected chi connectivity index (χ0v) is 6.95. The Labute approximate surface area is 61.7 Å². The lowest BCUT2D eigenvalue weighted by Crippen LogP contribution is -1.90. The molecule has 0 aromatic heterocycles. The second-order valence-electron chi connectivity index (χ2n) is 2.57. The molecule has 0 bridgehead atoms. The van der Waals surface area contributed by atoms with Crippen molar-refractivity contribution in [2.24, 2.45) is 0 Å². The lowest BCUT2D eigenvalue weighted by Gasteiger charge is -2.01. The number of hydrogen-bond donors (Lipinski definition) is 0. The molecule has 1 aliphatic carbocycles. The molecular weight excluding hydrogens is 128 g/mol. The zero-order valence-electron chi connectivity index (χ0n) is 6.13. The van der Waals surface area contributed by atoms with E-state index in [1.54, 1.807) is 0 Å². The van der Waals surface area contributed by atoms with Crippen LogP contribution < -0.4 is 0 Å². The fourth-order valence-electron chi connectivity index (χ4n) is 0.824. The van der Waals surface area contributed by atoms with Gasteiger partial charge in [-0.15, -0.1) is 0 Å². The highest BCUT2D eigenvalue weighted by molar-refractivity contribution is 8.00. The summed E-state index contributed by atoms with van der Waals surface area (Å²) in [6.07, 6.45) is 7.31. The van der Waals surface area contributed by atoms with Gasteiger partial charge >= 0.3 is 0 Å². The smallest absolute Gasteiger partial charge is 0.0201 e. The van der Waals surface area contributed by atoms with Crippen molar-refractivity contribution in [3.05, 3.63) is 12.2 Å². The van der Waals surface area contributed by atoms with E-state index in [9.17, 15) is 0 Å². The molecule has 1 heteroatoms. The molecule has 0 aliphatic heterocycles. The maximum atomic E-state index is 2.27. The van der Waals surface area contributed by atoms with Crippen LogP contribution in [0, 0.1) is 0 Å². The standard InChI is InChI=1S/C8H14S/c1-3-4-7(2)9-8-5-6-8/h3-4,7-8H,5-6H2,1-2H3/b4-3+. The Morgan fingerprint density at radius 3 is 2.67 bits per heavy atom. The largest absolute Gasteiger partial charge is 0.151 e. The average molecular weight is 142 g/mol. The summed E-state index contributed by atoms with van der Waals surface area (Å²) in [5.74, 6) is 0. The topological polar surface area (TPSA) is 0 Å². The van der Waals surface area contributed by atoms with Gasteiger partial charge in [0.15, 0.2) is 0 Å². The van der Waals surface area contributed by atoms with Crippen molar-refractivity contribution in [2.45, 2.75) is 37.2 Å². The van der Waals surface area contributed by atoms with Crippen molar-refractivity contribution in [3.8, 4) is 0 Å². The lowest BCUT2D eigenvalue weighted by atomic mass is 10.4. The highest BCUT2D eigenvalue weighted by Crippen LogP contribution is 2.36. The van der Waals surface area contributed by atoms with Crippen LogP contribution in [0.5, 0.6) is 0 Å². The maximum Gasteiger partial charge on any atom is 0.0201 e. The Morgan fingerprint density at radius 2 is 2.22 bits per heavy atom. The third-order valence-corrected chi connectivity index (χ3v) is 2.84. The van der Waals surface area contributed by atoms with Gasteiger partial charge in [-0.25, -0.2) is 0 Å². The van der Waals surface area contributed by atoms with Crippen molar-refractivity contribution in [1.29, 1.82) is 0 Å². The molecule has 52 valence electrons. The van der Waals surface area contributed by atoms with Gasteiger partial charge in [0.25, 0.3) is 0 Å². The summed E-state index contributed by atoms with van der Waals surface area (Å²) in [7, 11) is 0. The van der Waals surface area contributed by atoms with Gasteiger partial charge in [-0.3, -0.25) is 0 Å². The van der Waals surface area contributed by atoms with Crippen LogP contribution in [0.3, 0.4) is 0 Å². The molecule has 0 heterocycles. The van der Waals surface area contributed by atoms with Gasteiger partial charge in [-0.1, -0.05) is 12.2 Å². The van der Waals surface area contributed by atoms with Gasteiger partial charge in [0, 0.05) is 10.5 Å². The minimum absolute atomic E-state index is 0.738. The average Bonchev–Trinajstić information content (AvgIpc) is 2.50. The lowest BCUT2D eigenvalue weighted by molar-refractivity contribution is 1.23. The summed E-state index contributed by atoms with van der Waals surface area (Å²) in [5, 5.41) is 1.73. The van der Waals surface area contributed by atoms with E-state index in [1.807, 2.05) is 0 Å². The number of thioether (sulfide) groups is 1. The van der Waals surface area contributed by atoms with Gasteiger partial charge in [-0.2, -0.15) is 11.8 Å². The molecule has 0 saturated heterocycles. The zero-order chi connectivity index (χ0) is 6.69. The first kappa shape index (κ1) is 7.20. The number of rotatable bonds is 3. The molecule has 0 aromatic carbocycles. The molecule has 1 aliphatic rings. The quantitative estimate of drug-likeness (QED) is 0.546. The van der Waals surface area contributed by atoms with Crippen LogP contribution in [-0.2, 0) is 0 Å². The van der Waals surface area contributed by atoms with Crippen LogP contribution in [0.1, 0.15) is 26.7 Å². The third kappa shape index (κ3) is 2.95. The predicted octanol–water partition coefficient (Wildman–Crippen LogP) is 2.85. The molecule has 0 amide bonds. The van der Waals surface area contributed by atoms with Gasteiger partial charge in [0.05, 0.1) is 0 Å². The molecule has 0 spiro atoms. The fourth-order valence-corrected chi connectivity index (χ4v) is 2.09. The van der Waals surface area contributed by atoms with Gasteiger partial charge < -0.3 is 0 Å². The predicted molar refractivity (Wildman–Crippen MR) is 44.9 cm³/mol. The van der Waals surface area contributed by atoms with Crippen molar-refractivity contribution < 1.29 is 0 Å². The minimum atomic E-state index is 0.738. The molecule has 0 radical (unpaired) electrons. The van der Waals surface area contributed by atoms with E-state index in [0.29, 0.717) is 0 Å². The molecule has 0 aromatic rings. The second-order valence-corrected chi connectivity index (χ2v) is 4.25. The Kier molecular flexibility index (Phi) is 2.65. The molecule has 1 fully saturated rings. The minimum Gasteiger partial charge on any atom is -0.151 e. The monoisotopic (exact) mass is 142 g/mol. The van der Waals surface area contributed by atoms with E-state index >= 15 is 0 Å². The van der Waals surface area contributed by atoms with Crippen molar-refractivity contribution in [1.82, 2.24) is 0 Å². The Bertz CT molecular complexity index is 103. The second kappa shape index (κ2) is 3.31. The van der Waals surface area contributed by atoms with Crippen molar-refractivity contribution in [3.63, 3.8) is 0 Å². The van der Waals surface area contributed by atoms with Gasteiger partial charge in [0.2, 0.25) is 0 Å². The summed E-state index contributed by atoms with van der Waals surface area (Å²) in [6.45, 7) is 4.35. The first-order valence-electron chi connectivity index (χ1n) is 3.61. The Balaban J connectivity index is 2.09. The van der Waals surface area contributed by atoms with Crippen LogP contribution in [0.2, 0.25) is 0 Å². The Morgan fingerprint density at radius 1 is 1.56 bits per heavy atom. The highest BCUT2D eigenvalue weighted by atomic mass is 32.2. The van der Waals surface area contributed by atoms with Crippen LogP contribution in [0.4, 0.5) is 0 Å². The molecule has 9 heavy (non-hydrogen) atoms. The first-order valence-corrected chi connectivity index (χ1v) is 4.55. The first-order chi connectivity index (χ1) is 4.33.